The van der Waals surface area contributed by atoms with Crippen LogP contribution < -0.4 is 15.5 Å². The molecule has 0 amide bonds. The van der Waals surface area contributed by atoms with E-state index in [-0.39, 0.29) is 0 Å². The van der Waals surface area contributed by atoms with E-state index in [2.05, 4.69) is 56.7 Å². The second-order valence-corrected chi connectivity index (χ2v) is 6.64. The summed E-state index contributed by atoms with van der Waals surface area (Å²) >= 11 is 0. The van der Waals surface area contributed by atoms with Crippen molar-refractivity contribution in [3.8, 4) is 0 Å². The van der Waals surface area contributed by atoms with Gasteiger partial charge >= 0.3 is 0 Å². The molecule has 2 aromatic rings. The average Bonchev–Trinajstić information content (AvgIpc) is 2.67. The van der Waals surface area contributed by atoms with Gasteiger partial charge in [0.2, 0.25) is 0 Å². The van der Waals surface area contributed by atoms with Crippen molar-refractivity contribution >= 4 is 23.0 Å². The number of aromatic nitrogens is 2. The molecule has 0 saturated carbocycles. The zero-order chi connectivity index (χ0) is 17.3. The molecule has 2 heterocycles. The molecule has 1 aromatic carbocycles. The maximum atomic E-state index is 4.32. The molecule has 3 rings (SSSR count). The van der Waals surface area contributed by atoms with Crippen LogP contribution in [0.2, 0.25) is 0 Å². The van der Waals surface area contributed by atoms with E-state index in [1.807, 2.05) is 6.07 Å². The molecule has 0 spiro atoms. The first-order chi connectivity index (χ1) is 12.3. The van der Waals surface area contributed by atoms with Crippen molar-refractivity contribution in [1.29, 1.82) is 0 Å². The SMILES string of the molecule is CCCCCNc1cc(Nc2ccc(N3CCCCC3)cc2)ncn1. The fourth-order valence-corrected chi connectivity index (χ4v) is 3.17. The highest BCUT2D eigenvalue weighted by molar-refractivity contribution is 5.62. The minimum atomic E-state index is 0.818. The molecule has 0 unspecified atom stereocenters. The molecule has 5 heteroatoms. The first-order valence-corrected chi connectivity index (χ1v) is 9.53. The summed E-state index contributed by atoms with van der Waals surface area (Å²) < 4.78 is 0. The molecule has 0 bridgehead atoms. The van der Waals surface area contributed by atoms with Gasteiger partial charge in [0.05, 0.1) is 0 Å². The Morgan fingerprint density at radius 3 is 2.48 bits per heavy atom. The molecule has 0 radical (unpaired) electrons. The summed E-state index contributed by atoms with van der Waals surface area (Å²) in [5.41, 5.74) is 2.36. The lowest BCUT2D eigenvalue weighted by Crippen LogP contribution is -2.29. The van der Waals surface area contributed by atoms with E-state index in [4.69, 9.17) is 0 Å². The number of piperidine rings is 1. The topological polar surface area (TPSA) is 53.1 Å². The maximum absolute atomic E-state index is 4.32. The number of anilines is 4. The number of benzene rings is 1. The third kappa shape index (κ3) is 5.34. The Morgan fingerprint density at radius 2 is 1.72 bits per heavy atom. The maximum Gasteiger partial charge on any atom is 0.135 e. The Morgan fingerprint density at radius 1 is 0.960 bits per heavy atom. The van der Waals surface area contributed by atoms with Crippen LogP contribution in [-0.4, -0.2) is 29.6 Å². The van der Waals surface area contributed by atoms with Gasteiger partial charge in [-0.05, 0) is 49.9 Å². The molecule has 0 atom stereocenters. The highest BCUT2D eigenvalue weighted by atomic mass is 15.1. The Bertz CT molecular complexity index is 635. The number of hydrogen-bond donors (Lipinski definition) is 2. The van der Waals surface area contributed by atoms with E-state index in [0.717, 1.165) is 23.9 Å². The molecular weight excluding hydrogens is 310 g/mol. The highest BCUT2D eigenvalue weighted by Gasteiger charge is 2.10. The van der Waals surface area contributed by atoms with Crippen molar-refractivity contribution in [2.24, 2.45) is 0 Å². The van der Waals surface area contributed by atoms with Crippen LogP contribution in [0.5, 0.6) is 0 Å². The molecule has 1 aromatic heterocycles. The van der Waals surface area contributed by atoms with Crippen molar-refractivity contribution in [3.05, 3.63) is 36.7 Å². The van der Waals surface area contributed by atoms with Gasteiger partial charge in [0, 0.05) is 37.1 Å². The summed E-state index contributed by atoms with van der Waals surface area (Å²) in [4.78, 5) is 11.1. The fourth-order valence-electron chi connectivity index (χ4n) is 3.17. The van der Waals surface area contributed by atoms with E-state index in [9.17, 15) is 0 Å². The van der Waals surface area contributed by atoms with Crippen LogP contribution in [0.1, 0.15) is 45.4 Å². The second-order valence-electron chi connectivity index (χ2n) is 6.64. The van der Waals surface area contributed by atoms with Crippen LogP contribution in [0.3, 0.4) is 0 Å². The molecular formula is C20H29N5. The van der Waals surface area contributed by atoms with Gasteiger partial charge in [0.1, 0.15) is 18.0 Å². The van der Waals surface area contributed by atoms with Crippen molar-refractivity contribution in [1.82, 2.24) is 9.97 Å². The quantitative estimate of drug-likeness (QED) is 0.676. The van der Waals surface area contributed by atoms with Gasteiger partial charge in [-0.2, -0.15) is 0 Å². The Balaban J connectivity index is 1.56. The lowest BCUT2D eigenvalue weighted by Gasteiger charge is -2.28. The summed E-state index contributed by atoms with van der Waals surface area (Å²) in [6, 6.07) is 10.6. The van der Waals surface area contributed by atoms with Crippen LogP contribution >= 0.6 is 0 Å². The predicted molar refractivity (Wildman–Crippen MR) is 106 cm³/mol. The van der Waals surface area contributed by atoms with Crippen molar-refractivity contribution in [2.75, 3.05) is 35.2 Å². The van der Waals surface area contributed by atoms with Gasteiger partial charge in [-0.25, -0.2) is 9.97 Å². The average molecular weight is 339 g/mol. The summed E-state index contributed by atoms with van der Waals surface area (Å²) in [6.07, 6.45) is 9.20. The van der Waals surface area contributed by atoms with Crippen LogP contribution in [0.4, 0.5) is 23.0 Å². The van der Waals surface area contributed by atoms with Gasteiger partial charge in [0.15, 0.2) is 0 Å². The molecule has 2 N–H and O–H groups in total. The molecule has 1 aliphatic rings. The van der Waals surface area contributed by atoms with Gasteiger partial charge in [-0.15, -0.1) is 0 Å². The molecule has 134 valence electrons. The largest absolute Gasteiger partial charge is 0.372 e. The molecule has 1 fully saturated rings. The number of nitrogens with zero attached hydrogens (tertiary/aromatic N) is 3. The summed E-state index contributed by atoms with van der Waals surface area (Å²) in [5, 5.41) is 6.73. The zero-order valence-corrected chi connectivity index (χ0v) is 15.2. The Kier molecular flexibility index (Phi) is 6.48. The minimum Gasteiger partial charge on any atom is -0.372 e. The third-order valence-corrected chi connectivity index (χ3v) is 4.61. The summed E-state index contributed by atoms with van der Waals surface area (Å²) in [7, 11) is 0. The smallest absolute Gasteiger partial charge is 0.135 e. The highest BCUT2D eigenvalue weighted by Crippen LogP contribution is 2.23. The van der Waals surface area contributed by atoms with Gasteiger partial charge < -0.3 is 15.5 Å². The van der Waals surface area contributed by atoms with Gasteiger partial charge in [-0.1, -0.05) is 19.8 Å². The standard InChI is InChI=1S/C20H29N5/c1-2-3-5-12-21-19-15-20(23-16-22-19)24-17-8-10-18(11-9-17)25-13-6-4-7-14-25/h8-11,15-16H,2-7,12-14H2,1H3,(H2,21,22,23,24). The lowest BCUT2D eigenvalue weighted by atomic mass is 10.1. The first-order valence-electron chi connectivity index (χ1n) is 9.53. The molecule has 5 nitrogen and oxygen atoms in total. The Labute approximate surface area is 150 Å². The molecule has 0 aliphatic carbocycles. The summed E-state index contributed by atoms with van der Waals surface area (Å²) in [5.74, 6) is 1.69. The fraction of sp³-hybridized carbons (Fsp3) is 0.500. The second kappa shape index (κ2) is 9.25. The lowest BCUT2D eigenvalue weighted by molar-refractivity contribution is 0.578. The molecule has 1 aliphatic heterocycles. The van der Waals surface area contributed by atoms with Crippen LogP contribution in [0.25, 0.3) is 0 Å². The van der Waals surface area contributed by atoms with Crippen molar-refractivity contribution in [2.45, 2.75) is 45.4 Å². The van der Waals surface area contributed by atoms with E-state index in [1.165, 1.54) is 57.3 Å². The van der Waals surface area contributed by atoms with Gasteiger partial charge in [-0.3, -0.25) is 0 Å². The first kappa shape index (κ1) is 17.5. The van der Waals surface area contributed by atoms with E-state index >= 15 is 0 Å². The number of unbranched alkanes of at least 4 members (excludes halogenated alkanes) is 2. The van der Waals surface area contributed by atoms with Crippen molar-refractivity contribution < 1.29 is 0 Å². The van der Waals surface area contributed by atoms with Crippen LogP contribution in [-0.2, 0) is 0 Å². The number of rotatable bonds is 8. The normalized spacial score (nSPS) is 14.4. The minimum absolute atomic E-state index is 0.818. The molecule has 25 heavy (non-hydrogen) atoms. The molecule has 1 saturated heterocycles. The van der Waals surface area contributed by atoms with Crippen LogP contribution in [0.15, 0.2) is 36.7 Å². The van der Waals surface area contributed by atoms with Crippen molar-refractivity contribution in [3.63, 3.8) is 0 Å². The predicted octanol–water partition coefficient (Wildman–Crippen LogP) is 4.81. The van der Waals surface area contributed by atoms with E-state index in [0.29, 0.717) is 0 Å². The summed E-state index contributed by atoms with van der Waals surface area (Å²) in [6.45, 7) is 5.51. The monoisotopic (exact) mass is 339 g/mol. The van der Waals surface area contributed by atoms with E-state index in [1.54, 1.807) is 6.33 Å². The Hall–Kier alpha value is -2.30. The number of nitrogens with one attached hydrogen (secondary N) is 2. The third-order valence-electron chi connectivity index (χ3n) is 4.61. The van der Waals surface area contributed by atoms with E-state index < -0.39 is 0 Å². The zero-order valence-electron chi connectivity index (χ0n) is 15.2. The number of hydrogen-bond acceptors (Lipinski definition) is 5. The van der Waals surface area contributed by atoms with Gasteiger partial charge in [0.25, 0.3) is 0 Å². The van der Waals surface area contributed by atoms with Crippen LogP contribution in [0, 0.1) is 0 Å².